The Kier molecular flexibility index (Phi) is 6.55. The summed E-state index contributed by atoms with van der Waals surface area (Å²) in [6.07, 6.45) is 0. The van der Waals surface area contributed by atoms with Crippen molar-refractivity contribution in [2.75, 3.05) is 10.6 Å². The predicted octanol–water partition coefficient (Wildman–Crippen LogP) is 6.64. The van der Waals surface area contributed by atoms with Crippen LogP contribution in [0.2, 0.25) is 0 Å². The highest BCUT2D eigenvalue weighted by Crippen LogP contribution is 2.32. The van der Waals surface area contributed by atoms with E-state index in [0.29, 0.717) is 22.5 Å². The molecular weight excluding hydrogens is 496 g/mol. The summed E-state index contributed by atoms with van der Waals surface area (Å²) in [5, 5.41) is 5.98. The number of hydrogen-bond donors (Lipinski definition) is 2. The smallest absolute Gasteiger partial charge is 0.255 e. The number of rotatable bonds is 4. The van der Waals surface area contributed by atoms with Gasteiger partial charge in [-0.3, -0.25) is 9.59 Å². The molecule has 3 aromatic carbocycles. The summed E-state index contributed by atoms with van der Waals surface area (Å²) >= 11 is 6.75. The van der Waals surface area contributed by atoms with Crippen LogP contribution >= 0.6 is 31.9 Å². The monoisotopic (exact) mass is 514 g/mol. The van der Waals surface area contributed by atoms with Crippen molar-refractivity contribution in [3.8, 4) is 0 Å². The lowest BCUT2D eigenvalue weighted by molar-refractivity contribution is 0.101. The maximum Gasteiger partial charge on any atom is 0.255 e. The van der Waals surface area contributed by atoms with Crippen LogP contribution in [-0.2, 0) is 0 Å². The molecule has 0 atom stereocenters. The van der Waals surface area contributed by atoms with Crippen LogP contribution in [0.4, 0.5) is 11.4 Å². The standard InChI is InChI=1S/C23H20Br2N2O2/c1-13-12-14(2)21(27-23(29)17-6-10-19(25)11-7-17)15(3)20(13)26-22(28)16-4-8-18(24)9-5-16/h4-12H,1-3H3,(H,26,28)(H,27,29). The average Bonchev–Trinajstić information content (AvgIpc) is 2.69. The number of nitrogens with one attached hydrogen (secondary N) is 2. The van der Waals surface area contributed by atoms with Gasteiger partial charge in [-0.15, -0.1) is 0 Å². The molecule has 0 saturated carbocycles. The fraction of sp³-hybridized carbons (Fsp3) is 0.130. The fourth-order valence-electron chi connectivity index (χ4n) is 3.14. The third-order valence-electron chi connectivity index (χ3n) is 4.66. The Morgan fingerprint density at radius 3 is 1.34 bits per heavy atom. The molecule has 0 spiro atoms. The van der Waals surface area contributed by atoms with Crippen molar-refractivity contribution in [3.05, 3.63) is 91.4 Å². The van der Waals surface area contributed by atoms with Gasteiger partial charge in [0.15, 0.2) is 0 Å². The highest BCUT2D eigenvalue weighted by molar-refractivity contribution is 9.10. The van der Waals surface area contributed by atoms with E-state index >= 15 is 0 Å². The molecule has 3 aromatic rings. The van der Waals surface area contributed by atoms with E-state index in [2.05, 4.69) is 42.5 Å². The Morgan fingerprint density at radius 2 is 1.00 bits per heavy atom. The zero-order valence-corrected chi connectivity index (χ0v) is 19.4. The van der Waals surface area contributed by atoms with Gasteiger partial charge in [0.05, 0.1) is 0 Å². The number of benzene rings is 3. The van der Waals surface area contributed by atoms with Crippen LogP contribution in [0, 0.1) is 20.8 Å². The maximum absolute atomic E-state index is 12.7. The molecule has 2 amide bonds. The molecule has 0 aliphatic heterocycles. The van der Waals surface area contributed by atoms with Gasteiger partial charge in [-0.05, 0) is 86.0 Å². The number of halogens is 2. The van der Waals surface area contributed by atoms with Crippen LogP contribution in [0.15, 0.2) is 63.5 Å². The average molecular weight is 516 g/mol. The summed E-state index contributed by atoms with van der Waals surface area (Å²) in [6, 6.07) is 16.3. The maximum atomic E-state index is 12.7. The van der Waals surface area contributed by atoms with Gasteiger partial charge in [0.1, 0.15) is 0 Å². The highest BCUT2D eigenvalue weighted by atomic mass is 79.9. The van der Waals surface area contributed by atoms with E-state index in [4.69, 9.17) is 0 Å². The first-order valence-electron chi connectivity index (χ1n) is 9.01. The Morgan fingerprint density at radius 1 is 0.655 bits per heavy atom. The molecule has 0 heterocycles. The number of carbonyl (C=O) groups excluding carboxylic acids is 2. The van der Waals surface area contributed by atoms with E-state index in [0.717, 1.165) is 25.6 Å². The van der Waals surface area contributed by atoms with Crippen molar-refractivity contribution in [2.24, 2.45) is 0 Å². The van der Waals surface area contributed by atoms with Crippen molar-refractivity contribution in [1.82, 2.24) is 0 Å². The Labute approximate surface area is 187 Å². The Balaban J connectivity index is 1.89. The van der Waals surface area contributed by atoms with Crippen molar-refractivity contribution >= 4 is 55.0 Å². The molecule has 0 aromatic heterocycles. The van der Waals surface area contributed by atoms with Gasteiger partial charge >= 0.3 is 0 Å². The summed E-state index contributed by atoms with van der Waals surface area (Å²) in [5.74, 6) is -0.393. The molecule has 0 radical (unpaired) electrons. The molecule has 6 heteroatoms. The van der Waals surface area contributed by atoms with Crippen molar-refractivity contribution < 1.29 is 9.59 Å². The third-order valence-corrected chi connectivity index (χ3v) is 5.72. The van der Waals surface area contributed by atoms with E-state index in [1.807, 2.05) is 51.1 Å². The van der Waals surface area contributed by atoms with Crippen LogP contribution < -0.4 is 10.6 Å². The molecule has 0 saturated heterocycles. The molecule has 0 fully saturated rings. The summed E-state index contributed by atoms with van der Waals surface area (Å²) < 4.78 is 1.82. The molecule has 0 aliphatic rings. The zero-order valence-electron chi connectivity index (χ0n) is 16.3. The SMILES string of the molecule is Cc1cc(C)c(NC(=O)c2ccc(Br)cc2)c(C)c1NC(=O)c1ccc(Br)cc1. The normalized spacial score (nSPS) is 10.5. The van der Waals surface area contributed by atoms with Crippen molar-refractivity contribution in [3.63, 3.8) is 0 Å². The second kappa shape index (κ2) is 8.93. The molecule has 0 unspecified atom stereocenters. The van der Waals surface area contributed by atoms with Gasteiger partial charge in [0.2, 0.25) is 0 Å². The molecule has 0 bridgehead atoms. The molecular formula is C23H20Br2N2O2. The number of aryl methyl sites for hydroxylation is 2. The minimum Gasteiger partial charge on any atom is -0.321 e. The van der Waals surface area contributed by atoms with Crippen LogP contribution in [0.25, 0.3) is 0 Å². The first kappa shape index (κ1) is 21.3. The molecule has 29 heavy (non-hydrogen) atoms. The van der Waals surface area contributed by atoms with E-state index in [1.54, 1.807) is 24.3 Å². The first-order valence-corrected chi connectivity index (χ1v) is 10.6. The lowest BCUT2D eigenvalue weighted by Gasteiger charge is -2.19. The van der Waals surface area contributed by atoms with Crippen LogP contribution in [0.5, 0.6) is 0 Å². The highest BCUT2D eigenvalue weighted by Gasteiger charge is 2.17. The van der Waals surface area contributed by atoms with E-state index < -0.39 is 0 Å². The van der Waals surface area contributed by atoms with E-state index in [9.17, 15) is 9.59 Å². The Hall–Kier alpha value is -2.44. The lowest BCUT2D eigenvalue weighted by atomic mass is 10.0. The lowest BCUT2D eigenvalue weighted by Crippen LogP contribution is -2.17. The molecule has 0 aliphatic carbocycles. The second-order valence-electron chi connectivity index (χ2n) is 6.81. The molecule has 3 rings (SSSR count). The minimum absolute atomic E-state index is 0.197. The van der Waals surface area contributed by atoms with Crippen LogP contribution in [0.1, 0.15) is 37.4 Å². The number of hydrogen-bond acceptors (Lipinski definition) is 2. The third kappa shape index (κ3) is 4.95. The topological polar surface area (TPSA) is 58.2 Å². The Bertz CT molecular complexity index is 992. The summed E-state index contributed by atoms with van der Waals surface area (Å²) in [4.78, 5) is 25.4. The van der Waals surface area contributed by atoms with Gasteiger partial charge in [-0.2, -0.15) is 0 Å². The summed E-state index contributed by atoms with van der Waals surface area (Å²) in [6.45, 7) is 5.78. The minimum atomic E-state index is -0.197. The van der Waals surface area contributed by atoms with Gasteiger partial charge < -0.3 is 10.6 Å². The largest absolute Gasteiger partial charge is 0.321 e. The summed E-state index contributed by atoms with van der Waals surface area (Å²) in [5.41, 5.74) is 5.22. The van der Waals surface area contributed by atoms with Gasteiger partial charge in [-0.1, -0.05) is 37.9 Å². The van der Waals surface area contributed by atoms with Crippen molar-refractivity contribution in [1.29, 1.82) is 0 Å². The van der Waals surface area contributed by atoms with Crippen LogP contribution in [-0.4, -0.2) is 11.8 Å². The molecule has 4 nitrogen and oxygen atoms in total. The molecule has 2 N–H and O–H groups in total. The number of carbonyl (C=O) groups is 2. The quantitative estimate of drug-likeness (QED) is 0.409. The van der Waals surface area contributed by atoms with Gasteiger partial charge in [0.25, 0.3) is 11.8 Å². The van der Waals surface area contributed by atoms with E-state index in [1.165, 1.54) is 0 Å². The number of amides is 2. The van der Waals surface area contributed by atoms with Gasteiger partial charge in [-0.25, -0.2) is 0 Å². The second-order valence-corrected chi connectivity index (χ2v) is 8.64. The van der Waals surface area contributed by atoms with Crippen molar-refractivity contribution in [2.45, 2.75) is 20.8 Å². The van der Waals surface area contributed by atoms with Gasteiger partial charge in [0, 0.05) is 31.4 Å². The summed E-state index contributed by atoms with van der Waals surface area (Å²) in [7, 11) is 0. The predicted molar refractivity (Wildman–Crippen MR) is 125 cm³/mol. The van der Waals surface area contributed by atoms with Crippen LogP contribution in [0.3, 0.4) is 0 Å². The molecule has 148 valence electrons. The first-order chi connectivity index (χ1) is 13.8. The fourth-order valence-corrected chi connectivity index (χ4v) is 3.67. The number of anilines is 2. The zero-order chi connectivity index (χ0) is 21.1. The van der Waals surface area contributed by atoms with E-state index in [-0.39, 0.29) is 11.8 Å².